The molecular weight excluding hydrogens is 509 g/mol. The predicted molar refractivity (Wildman–Crippen MR) is 145 cm³/mol. The van der Waals surface area contributed by atoms with Gasteiger partial charge in [-0.25, -0.2) is 14.4 Å². The summed E-state index contributed by atoms with van der Waals surface area (Å²) in [4.78, 5) is 24.5. The van der Waals surface area contributed by atoms with E-state index >= 15 is 4.39 Å². The second-order valence-electron chi connectivity index (χ2n) is 9.97. The highest BCUT2D eigenvalue weighted by atomic mass is 32.2. The van der Waals surface area contributed by atoms with Crippen LogP contribution >= 0.6 is 11.8 Å². The van der Waals surface area contributed by atoms with E-state index in [4.69, 9.17) is 10.5 Å². The van der Waals surface area contributed by atoms with Crippen molar-refractivity contribution in [1.82, 2.24) is 20.2 Å². The number of fused-ring (bicyclic) bond motifs is 2. The van der Waals surface area contributed by atoms with Crippen molar-refractivity contribution in [2.75, 3.05) is 49.7 Å². The molecule has 3 aliphatic rings. The van der Waals surface area contributed by atoms with Crippen LogP contribution in [0.5, 0.6) is 5.88 Å². The van der Waals surface area contributed by atoms with Crippen LogP contribution in [0.15, 0.2) is 35.0 Å². The van der Waals surface area contributed by atoms with Crippen molar-refractivity contribution < 1.29 is 19.0 Å². The Morgan fingerprint density at radius 2 is 2.13 bits per heavy atom. The minimum Gasteiger partial charge on any atom is -0.481 e. The van der Waals surface area contributed by atoms with Gasteiger partial charge in [-0.1, -0.05) is 0 Å². The number of nitrogens with zero attached hydrogens (tertiary/aromatic N) is 3. The summed E-state index contributed by atoms with van der Waals surface area (Å²) in [5.74, 6) is 0.929. The highest BCUT2D eigenvalue weighted by molar-refractivity contribution is 7.99. The topological polar surface area (TPSA) is 138 Å². The lowest BCUT2D eigenvalue weighted by atomic mass is 9.95. The van der Waals surface area contributed by atoms with Crippen LogP contribution in [0.25, 0.3) is 5.57 Å². The van der Waals surface area contributed by atoms with Crippen molar-refractivity contribution in [2.45, 2.75) is 37.1 Å². The average Bonchev–Trinajstić information content (AvgIpc) is 3.32. The standard InChI is InChI=1S/C26H34FN7O3S/c1-14-23(27)17(24-19(30-14)4-6-22(33-24)37-2)7-8-34-11-15(18(12-34)25(28)36)9-29-10-16-3-5-20-26(31-16)32-21(35)13-38-20/h3-6,14-15,18,21,29-30,35H,7-13H2,1-2H3,(H2,28,36)(H,31,32)/t14?,15-,18+,21?/m0/s1. The van der Waals surface area contributed by atoms with Crippen LogP contribution in [0.2, 0.25) is 0 Å². The number of hydrogen-bond donors (Lipinski definition) is 5. The number of halogens is 1. The Labute approximate surface area is 225 Å². The van der Waals surface area contributed by atoms with E-state index in [9.17, 15) is 9.90 Å². The number of ether oxygens (including phenoxy) is 1. The van der Waals surface area contributed by atoms with Crippen molar-refractivity contribution in [3.8, 4) is 5.88 Å². The summed E-state index contributed by atoms with van der Waals surface area (Å²) in [6.45, 7) is 4.74. The summed E-state index contributed by atoms with van der Waals surface area (Å²) >= 11 is 1.57. The number of primary amides is 1. The molecule has 5 heterocycles. The first kappa shape index (κ1) is 26.7. The number of nitrogens with one attached hydrogen (secondary N) is 3. The Balaban J connectivity index is 1.19. The van der Waals surface area contributed by atoms with Crippen LogP contribution in [0.1, 0.15) is 24.7 Å². The fourth-order valence-electron chi connectivity index (χ4n) is 5.31. The van der Waals surface area contributed by atoms with E-state index in [1.54, 1.807) is 24.8 Å². The van der Waals surface area contributed by atoms with Gasteiger partial charge in [0, 0.05) is 55.0 Å². The van der Waals surface area contributed by atoms with Gasteiger partial charge in [-0.05, 0) is 37.5 Å². The van der Waals surface area contributed by atoms with Gasteiger partial charge < -0.3 is 36.4 Å². The maximum atomic E-state index is 15.2. The van der Waals surface area contributed by atoms with Gasteiger partial charge in [0.15, 0.2) is 0 Å². The molecule has 0 spiro atoms. The first-order valence-corrected chi connectivity index (χ1v) is 13.8. The van der Waals surface area contributed by atoms with Gasteiger partial charge in [0.05, 0.1) is 36.1 Å². The zero-order chi connectivity index (χ0) is 26.8. The summed E-state index contributed by atoms with van der Waals surface area (Å²) in [6.07, 6.45) is -0.139. The Hall–Kier alpha value is -2.93. The Kier molecular flexibility index (Phi) is 8.03. The zero-order valence-corrected chi connectivity index (χ0v) is 22.4. The number of amides is 1. The number of aliphatic hydroxyl groups is 1. The molecule has 38 heavy (non-hydrogen) atoms. The van der Waals surface area contributed by atoms with Crippen LogP contribution < -0.4 is 26.4 Å². The lowest BCUT2D eigenvalue weighted by molar-refractivity contribution is -0.122. The van der Waals surface area contributed by atoms with Gasteiger partial charge in [-0.2, -0.15) is 0 Å². The maximum Gasteiger partial charge on any atom is 0.222 e. The van der Waals surface area contributed by atoms with Gasteiger partial charge >= 0.3 is 0 Å². The molecule has 2 aromatic heterocycles. The molecule has 10 nitrogen and oxygen atoms in total. The number of hydrogen-bond acceptors (Lipinski definition) is 10. The number of carbonyl (C=O) groups is 1. The molecule has 4 atom stereocenters. The molecule has 12 heteroatoms. The molecule has 3 aliphatic heterocycles. The lowest BCUT2D eigenvalue weighted by Gasteiger charge is -2.26. The first-order chi connectivity index (χ1) is 18.3. The number of likely N-dealkylation sites (tertiary alicyclic amines) is 1. The molecule has 1 amide bonds. The van der Waals surface area contributed by atoms with Crippen molar-refractivity contribution in [1.29, 1.82) is 0 Å². The molecule has 0 radical (unpaired) electrons. The van der Waals surface area contributed by atoms with E-state index in [0.717, 1.165) is 16.3 Å². The summed E-state index contributed by atoms with van der Waals surface area (Å²) in [7, 11) is 1.54. The van der Waals surface area contributed by atoms with Crippen LogP contribution in [-0.4, -0.2) is 77.2 Å². The number of thioether (sulfide) groups is 1. The van der Waals surface area contributed by atoms with Crippen molar-refractivity contribution in [3.05, 3.63) is 41.5 Å². The maximum absolute atomic E-state index is 15.2. The number of nitrogens with two attached hydrogens (primary N) is 1. The highest BCUT2D eigenvalue weighted by Crippen LogP contribution is 2.37. The minimum absolute atomic E-state index is 0.0388. The number of rotatable bonds is 9. The molecule has 1 saturated heterocycles. The summed E-state index contributed by atoms with van der Waals surface area (Å²) in [5, 5.41) is 19.4. The van der Waals surface area contributed by atoms with E-state index in [0.29, 0.717) is 67.9 Å². The summed E-state index contributed by atoms with van der Waals surface area (Å²) in [5.41, 5.74) is 8.53. The van der Waals surface area contributed by atoms with Crippen molar-refractivity contribution >= 4 is 34.7 Å². The summed E-state index contributed by atoms with van der Waals surface area (Å²) < 4.78 is 20.4. The number of carbonyl (C=O) groups excluding carboxylic acids is 1. The number of anilines is 2. The second kappa shape index (κ2) is 11.4. The number of pyridine rings is 2. The largest absolute Gasteiger partial charge is 0.481 e. The molecule has 6 N–H and O–H groups in total. The predicted octanol–water partition coefficient (Wildman–Crippen LogP) is 2.03. The van der Waals surface area contributed by atoms with Gasteiger partial charge in [0.1, 0.15) is 17.9 Å². The average molecular weight is 544 g/mol. The second-order valence-corrected chi connectivity index (χ2v) is 11.0. The third-order valence-electron chi connectivity index (χ3n) is 7.29. The molecule has 204 valence electrons. The highest BCUT2D eigenvalue weighted by Gasteiger charge is 2.36. The number of aliphatic hydroxyl groups excluding tert-OH is 1. The van der Waals surface area contributed by atoms with E-state index in [-0.39, 0.29) is 23.6 Å². The van der Waals surface area contributed by atoms with E-state index in [2.05, 4.69) is 30.8 Å². The van der Waals surface area contributed by atoms with Gasteiger partial charge in [0.2, 0.25) is 11.8 Å². The smallest absolute Gasteiger partial charge is 0.222 e. The quantitative estimate of drug-likeness (QED) is 0.319. The van der Waals surface area contributed by atoms with Crippen LogP contribution in [-0.2, 0) is 11.3 Å². The van der Waals surface area contributed by atoms with E-state index in [1.165, 1.54) is 7.11 Å². The normalized spacial score (nSPS) is 24.8. The number of aromatic nitrogens is 2. The monoisotopic (exact) mass is 543 g/mol. The molecular formula is C26H34FN7O3S. The van der Waals surface area contributed by atoms with Crippen LogP contribution in [0, 0.1) is 11.8 Å². The Morgan fingerprint density at radius 1 is 1.29 bits per heavy atom. The molecule has 2 unspecified atom stereocenters. The lowest BCUT2D eigenvalue weighted by Crippen LogP contribution is -2.35. The molecule has 2 aromatic rings. The SMILES string of the molecule is COc1ccc2c(n1)C(CCN1C[C@H](CNCc3ccc4c(n3)NC(O)CS4)[C@H](C(N)=O)C1)=C(F)C(C)N2. The fourth-order valence-corrected chi connectivity index (χ4v) is 6.14. The Bertz CT molecular complexity index is 1230. The van der Waals surface area contributed by atoms with E-state index in [1.807, 2.05) is 18.2 Å². The molecule has 0 aromatic carbocycles. The molecule has 0 aliphatic carbocycles. The van der Waals surface area contributed by atoms with Crippen molar-refractivity contribution in [3.63, 3.8) is 0 Å². The Morgan fingerprint density at radius 3 is 2.92 bits per heavy atom. The van der Waals surface area contributed by atoms with E-state index < -0.39 is 12.3 Å². The first-order valence-electron chi connectivity index (χ1n) is 12.8. The summed E-state index contributed by atoms with van der Waals surface area (Å²) in [6, 6.07) is 7.15. The van der Waals surface area contributed by atoms with Gasteiger partial charge in [-0.15, -0.1) is 11.8 Å². The van der Waals surface area contributed by atoms with Crippen LogP contribution in [0.3, 0.4) is 0 Å². The third-order valence-corrected chi connectivity index (χ3v) is 8.42. The molecule has 0 saturated carbocycles. The van der Waals surface area contributed by atoms with Crippen molar-refractivity contribution in [2.24, 2.45) is 17.6 Å². The van der Waals surface area contributed by atoms with Gasteiger partial charge in [0.25, 0.3) is 0 Å². The van der Waals surface area contributed by atoms with Crippen LogP contribution in [0.4, 0.5) is 15.9 Å². The third kappa shape index (κ3) is 5.73. The molecule has 1 fully saturated rings. The minimum atomic E-state index is -0.604. The van der Waals surface area contributed by atoms with Gasteiger partial charge in [-0.3, -0.25) is 4.79 Å². The number of methoxy groups -OCH3 is 1. The fraction of sp³-hybridized carbons (Fsp3) is 0.500. The zero-order valence-electron chi connectivity index (χ0n) is 21.5. The molecule has 5 rings (SSSR count). The molecule has 0 bridgehead atoms.